The highest BCUT2D eigenvalue weighted by Gasteiger charge is 2.38. The molecule has 0 aromatic carbocycles. The zero-order valence-electron chi connectivity index (χ0n) is 25.3. The van der Waals surface area contributed by atoms with Gasteiger partial charge in [-0.1, -0.05) is 69.6 Å². The summed E-state index contributed by atoms with van der Waals surface area (Å²) in [5, 5.41) is 55.7. The van der Waals surface area contributed by atoms with Crippen LogP contribution >= 0.6 is 81.2 Å². The molecule has 0 rings (SSSR count). The molecule has 0 heterocycles. The number of amides is 2. The summed E-state index contributed by atoms with van der Waals surface area (Å²) in [5.41, 5.74) is 0.944. The van der Waals surface area contributed by atoms with E-state index in [1.54, 1.807) is 0 Å². The molecule has 0 fully saturated rings. The Morgan fingerprint density at radius 3 is 0.915 bits per heavy atom. The van der Waals surface area contributed by atoms with E-state index in [-0.39, 0.29) is 0 Å². The molecule has 0 spiro atoms. The van der Waals surface area contributed by atoms with Crippen LogP contribution in [0.2, 0.25) is 0 Å². The minimum Gasteiger partial charge on any atom is -0.461 e. The summed E-state index contributed by atoms with van der Waals surface area (Å²) in [6.07, 6.45) is 1.47. The number of hydrogen-bond donors (Lipinski definition) is 9. The second-order valence-electron chi connectivity index (χ2n) is 8.96. The van der Waals surface area contributed by atoms with E-state index >= 15 is 0 Å². The van der Waals surface area contributed by atoms with Crippen LogP contribution in [0, 0.1) is 0 Å². The lowest BCUT2D eigenvalue weighted by Crippen LogP contribution is -2.59. The normalized spacial score (nSPS) is 11.1. The molecule has 0 aromatic heterocycles. The lowest BCUT2D eigenvalue weighted by atomic mass is 10.0. The number of nitrogens with two attached hydrogens (primary N) is 1. The zero-order valence-corrected chi connectivity index (χ0v) is 30.6. The molecule has 0 bridgehead atoms. The van der Waals surface area contributed by atoms with Crippen molar-refractivity contribution in [3.05, 3.63) is 0 Å². The lowest BCUT2D eigenvalue weighted by molar-refractivity contribution is -0.157. The van der Waals surface area contributed by atoms with Crippen molar-refractivity contribution in [2.45, 2.75) is 45.0 Å². The van der Waals surface area contributed by atoms with Gasteiger partial charge in [-0.25, -0.2) is 14.4 Å². The number of carbonyl (C=O) groups excluding carboxylic acids is 5. The molecule has 0 radical (unpaired) electrons. The number of esters is 3. The molecule has 0 saturated carbocycles. The topological polar surface area (TPSA) is 284 Å². The molecule has 0 aromatic rings. The van der Waals surface area contributed by atoms with E-state index in [0.717, 1.165) is 6.92 Å². The average Bonchev–Trinajstić information content (AvgIpc) is 3.04. The van der Waals surface area contributed by atoms with E-state index < -0.39 is 120 Å². The van der Waals surface area contributed by atoms with Crippen molar-refractivity contribution in [3.8, 4) is 0 Å². The second kappa shape index (κ2) is 28.9. The maximum atomic E-state index is 11.5. The molecule has 17 nitrogen and oxygen atoms in total. The molecule has 0 aliphatic carbocycles. The van der Waals surface area contributed by atoms with Gasteiger partial charge in [-0.05, 0) is 0 Å². The smallest absolute Gasteiger partial charge is 0.339 e. The van der Waals surface area contributed by atoms with Gasteiger partial charge in [0, 0.05) is 20.2 Å². The maximum absolute atomic E-state index is 11.5. The average molecular weight is 831 g/mol. The van der Waals surface area contributed by atoms with Gasteiger partial charge in [-0.3, -0.25) is 9.59 Å². The van der Waals surface area contributed by atoms with Gasteiger partial charge in [-0.2, -0.15) is 0 Å². The number of nitrogens with one attached hydrogen (secondary N) is 2. The van der Waals surface area contributed by atoms with Gasteiger partial charge in [0.15, 0.2) is 0 Å². The van der Waals surface area contributed by atoms with Gasteiger partial charge in [-0.15, -0.1) is 11.6 Å². The monoisotopic (exact) mass is 827 g/mol. The van der Waals surface area contributed by atoms with Gasteiger partial charge in [0.2, 0.25) is 26.3 Å². The van der Waals surface area contributed by atoms with Gasteiger partial charge in [0.1, 0.15) is 30.9 Å². The summed E-state index contributed by atoms with van der Waals surface area (Å²) in [7, 11) is 0. The number of carbonyl (C=O) groups is 5. The zero-order chi connectivity index (χ0) is 38.0. The molecule has 47 heavy (non-hydrogen) atoms. The molecule has 0 aliphatic rings. The highest BCUT2D eigenvalue weighted by Crippen LogP contribution is 2.15. The molecule has 280 valence electrons. The van der Waals surface area contributed by atoms with Crippen LogP contribution in [0.4, 0.5) is 0 Å². The Balaban J connectivity index is -0.000000359. The number of alkyl halides is 7. The first kappa shape index (κ1) is 52.9. The highest BCUT2D eigenvalue weighted by molar-refractivity contribution is 6.53. The van der Waals surface area contributed by atoms with Crippen LogP contribution in [0.3, 0.4) is 0 Å². The molecular weight excluding hydrogens is 790 g/mol. The van der Waals surface area contributed by atoms with Crippen molar-refractivity contribution in [2.24, 2.45) is 5.73 Å². The van der Waals surface area contributed by atoms with Crippen LogP contribution in [-0.2, 0) is 38.2 Å². The van der Waals surface area contributed by atoms with Gasteiger partial charge in [0.25, 0.3) is 0 Å². The lowest BCUT2D eigenvalue weighted by Gasteiger charge is -2.32. The van der Waals surface area contributed by atoms with E-state index in [0.29, 0.717) is 0 Å². The van der Waals surface area contributed by atoms with E-state index in [4.69, 9.17) is 120 Å². The van der Waals surface area contributed by atoms with Crippen LogP contribution in [0.1, 0.15) is 13.8 Å². The highest BCUT2D eigenvalue weighted by atomic mass is 35.5. The molecule has 2 amide bonds. The van der Waals surface area contributed by atoms with E-state index in [2.05, 4.69) is 22.2 Å². The molecule has 0 saturated heterocycles. The van der Waals surface area contributed by atoms with Gasteiger partial charge >= 0.3 is 17.9 Å². The number of halogens is 7. The van der Waals surface area contributed by atoms with Crippen molar-refractivity contribution >= 4 is 111 Å². The van der Waals surface area contributed by atoms with Crippen molar-refractivity contribution < 1.29 is 68.8 Å². The summed E-state index contributed by atoms with van der Waals surface area (Å²) < 4.78 is 14.5. The van der Waals surface area contributed by atoms with Crippen molar-refractivity contribution in [3.63, 3.8) is 0 Å². The van der Waals surface area contributed by atoms with Crippen LogP contribution in [0.5, 0.6) is 0 Å². The minimum absolute atomic E-state index is 0.401. The third kappa shape index (κ3) is 25.7. The van der Waals surface area contributed by atoms with Crippen molar-refractivity contribution in [2.75, 3.05) is 65.8 Å². The van der Waals surface area contributed by atoms with E-state index in [9.17, 15) is 24.0 Å². The summed E-state index contributed by atoms with van der Waals surface area (Å²) in [4.78, 5) is 51.9. The molecule has 0 aliphatic heterocycles. The fourth-order valence-electron chi connectivity index (χ4n) is 2.22. The third-order valence-electron chi connectivity index (χ3n) is 4.74. The minimum atomic E-state index is -1.71. The Morgan fingerprint density at radius 1 is 0.553 bits per heavy atom. The third-order valence-corrected chi connectivity index (χ3v) is 5.81. The largest absolute Gasteiger partial charge is 0.461 e. The van der Waals surface area contributed by atoms with Gasteiger partial charge in [0.05, 0.1) is 45.2 Å². The summed E-state index contributed by atoms with van der Waals surface area (Å²) in [6.45, 7) is -2.20. The number of aliphatic hydroxyl groups is 6. The maximum Gasteiger partial charge on any atom is 0.339 e. The second-order valence-corrected chi connectivity index (χ2v) is 12.2. The Labute approximate surface area is 305 Å². The SMILES string of the molecule is CC(=O)NC(CO)(CO)CO.CC(=O)NC(COC(=O)C(Cl)Cl)(COC(=O)C(Cl)Cl)COC(=O)C(Cl)Cl.CCl.NC(CO)(CO)CO. The van der Waals surface area contributed by atoms with Crippen LogP contribution in [0.25, 0.3) is 0 Å². The van der Waals surface area contributed by atoms with E-state index in [1.165, 1.54) is 13.3 Å². The Bertz CT molecular complexity index is 836. The molecule has 24 heteroatoms. The summed E-state index contributed by atoms with van der Waals surface area (Å²) >= 11 is 36.8. The summed E-state index contributed by atoms with van der Waals surface area (Å²) in [5.74, 6) is -4.20. The first-order chi connectivity index (χ1) is 21.7. The molecule has 0 atom stereocenters. The number of aliphatic hydroxyl groups excluding tert-OH is 6. The molecule has 0 unspecified atom stereocenters. The number of ether oxygens (including phenoxy) is 3. The fraction of sp³-hybridized carbons (Fsp3) is 0.783. The van der Waals surface area contributed by atoms with Crippen LogP contribution < -0.4 is 16.4 Å². The Hall–Kier alpha value is -0.900. The Morgan fingerprint density at radius 2 is 0.787 bits per heavy atom. The molecular formula is C23H40Cl7N3O14. The first-order valence-corrected chi connectivity index (χ1v) is 15.8. The fourth-order valence-corrected chi connectivity index (χ4v) is 2.59. The predicted molar refractivity (Wildman–Crippen MR) is 174 cm³/mol. The van der Waals surface area contributed by atoms with Crippen LogP contribution in [0.15, 0.2) is 0 Å². The van der Waals surface area contributed by atoms with Crippen molar-refractivity contribution in [1.82, 2.24) is 10.6 Å². The standard InChI is InChI=1S/C12H13Cl6NO7.C6H13NO4.C4H11NO3.CH3Cl/c1-5(20)19-12(2-24-9(21)6(13)14,3-25-10(22)7(15)16)4-26-11(23)8(17)18;1-5(11)7-6(2-8,3-9)4-10;5-4(1-6,2-7)3-8;1-2/h6-8H,2-4H2,1H3,(H,19,20);8-10H,2-4H2,1H3,(H,7,11);6-8H,1-3,5H2;1H3. The number of rotatable bonds is 17. The predicted octanol–water partition coefficient (Wildman–Crippen LogP) is -1.74. The first-order valence-electron chi connectivity index (χ1n) is 12.4. The van der Waals surface area contributed by atoms with E-state index in [1.807, 2.05) is 0 Å². The quantitative estimate of drug-likeness (QED) is 0.0447. The van der Waals surface area contributed by atoms with Gasteiger partial charge < -0.3 is 61.2 Å². The Kier molecular flexibility index (Phi) is 32.5. The summed E-state index contributed by atoms with van der Waals surface area (Å²) in [6, 6.07) is 0. The molecule has 10 N–H and O–H groups in total. The number of hydrogen-bond acceptors (Lipinski definition) is 15. The van der Waals surface area contributed by atoms with Crippen molar-refractivity contribution in [1.29, 1.82) is 0 Å². The van der Waals surface area contributed by atoms with Crippen LogP contribution in [-0.4, -0.2) is 157 Å².